The van der Waals surface area contributed by atoms with Crippen LogP contribution in [0.25, 0.3) is 0 Å². The van der Waals surface area contributed by atoms with Gasteiger partial charge >= 0.3 is 0 Å². The number of phenolic OH excluding ortho intramolecular Hbond substituents is 1. The number of rotatable bonds is 5. The monoisotopic (exact) mass is 303 g/mol. The highest BCUT2D eigenvalue weighted by molar-refractivity contribution is 7.86. The van der Waals surface area contributed by atoms with Gasteiger partial charge in [0.2, 0.25) is 5.75 Å². The van der Waals surface area contributed by atoms with Gasteiger partial charge in [-0.25, -0.2) is 8.42 Å². The van der Waals surface area contributed by atoms with Crippen LogP contribution in [-0.4, -0.2) is 32.3 Å². The van der Waals surface area contributed by atoms with E-state index in [1.54, 1.807) is 0 Å². The fourth-order valence-corrected chi connectivity index (χ4v) is 3.11. The van der Waals surface area contributed by atoms with Gasteiger partial charge in [-0.05, 0) is 24.8 Å². The lowest BCUT2D eigenvalue weighted by molar-refractivity contribution is 0.322. The topological polar surface area (TPSA) is 95.9 Å². The zero-order valence-electron chi connectivity index (χ0n) is 12.2. The molecule has 0 spiro atoms. The van der Waals surface area contributed by atoms with E-state index in [0.29, 0.717) is 12.0 Å². The molecule has 1 unspecified atom stereocenters. The fourth-order valence-electron chi connectivity index (χ4n) is 2.30. The molecule has 0 aliphatic heterocycles. The van der Waals surface area contributed by atoms with Gasteiger partial charge in [-0.2, -0.15) is 0 Å². The lowest BCUT2D eigenvalue weighted by atomic mass is 9.92. The minimum Gasteiger partial charge on any atom is -0.744 e. The highest BCUT2D eigenvalue weighted by atomic mass is 32.2. The van der Waals surface area contributed by atoms with Crippen molar-refractivity contribution in [3.8, 4) is 17.2 Å². The Kier molecular flexibility index (Phi) is 4.88. The largest absolute Gasteiger partial charge is 0.744 e. The van der Waals surface area contributed by atoms with Crippen LogP contribution >= 0.6 is 0 Å². The molecule has 0 radical (unpaired) electrons. The molecule has 0 saturated heterocycles. The molecule has 114 valence electrons. The molecule has 0 amide bonds. The first kappa shape index (κ1) is 16.6. The second kappa shape index (κ2) is 5.88. The summed E-state index contributed by atoms with van der Waals surface area (Å²) in [7, 11) is -2.15. The van der Waals surface area contributed by atoms with Gasteiger partial charge in [-0.3, -0.25) is 0 Å². The quantitative estimate of drug-likeness (QED) is 0.837. The third-order valence-electron chi connectivity index (χ3n) is 3.39. The average molecular weight is 303 g/mol. The Hall–Kier alpha value is -1.47. The maximum Gasteiger partial charge on any atom is 0.204 e. The average Bonchev–Trinajstić information content (AvgIpc) is 2.35. The second-order valence-electron chi connectivity index (χ2n) is 4.55. The van der Waals surface area contributed by atoms with Gasteiger partial charge in [-0.15, -0.1) is 0 Å². The zero-order chi connectivity index (χ0) is 15.7. The van der Waals surface area contributed by atoms with Crippen molar-refractivity contribution < 1.29 is 27.6 Å². The Labute approximate surface area is 119 Å². The molecule has 1 N–H and O–H groups in total. The molecule has 1 atom stereocenters. The first-order chi connectivity index (χ1) is 9.20. The van der Waals surface area contributed by atoms with Crippen LogP contribution in [0.2, 0.25) is 0 Å². The zero-order valence-corrected chi connectivity index (χ0v) is 13.0. The van der Waals surface area contributed by atoms with Crippen molar-refractivity contribution >= 4 is 10.1 Å². The first-order valence-corrected chi connectivity index (χ1v) is 7.54. The van der Waals surface area contributed by atoms with E-state index in [1.807, 2.05) is 13.8 Å². The summed E-state index contributed by atoms with van der Waals surface area (Å²) in [6, 6.07) is 0. The third kappa shape index (κ3) is 2.69. The van der Waals surface area contributed by atoms with Crippen molar-refractivity contribution in [3.63, 3.8) is 0 Å². The molecule has 1 aromatic rings. The SMILES string of the molecule is CCC(C)c1c(C)c(S(=O)(=O)[O-])c(O)c(OC)c1OC. The Bertz CT molecular complexity index is 606. The summed E-state index contributed by atoms with van der Waals surface area (Å²) >= 11 is 0. The van der Waals surface area contributed by atoms with Crippen LogP contribution in [0.4, 0.5) is 0 Å². The molecule has 0 saturated carbocycles. The molecule has 1 aromatic carbocycles. The smallest absolute Gasteiger partial charge is 0.204 e. The van der Waals surface area contributed by atoms with E-state index in [-0.39, 0.29) is 23.0 Å². The van der Waals surface area contributed by atoms with Crippen molar-refractivity contribution in [3.05, 3.63) is 11.1 Å². The van der Waals surface area contributed by atoms with Gasteiger partial charge in [0.1, 0.15) is 15.0 Å². The number of hydrogen-bond donors (Lipinski definition) is 1. The predicted molar refractivity (Wildman–Crippen MR) is 72.6 cm³/mol. The van der Waals surface area contributed by atoms with Crippen LogP contribution in [0.1, 0.15) is 37.3 Å². The van der Waals surface area contributed by atoms with Crippen molar-refractivity contribution in [2.75, 3.05) is 14.2 Å². The minimum atomic E-state index is -4.82. The molecule has 7 heteroatoms. The van der Waals surface area contributed by atoms with Gasteiger partial charge in [0.15, 0.2) is 11.5 Å². The molecule has 0 aliphatic carbocycles. The summed E-state index contributed by atoms with van der Waals surface area (Å²) in [5.41, 5.74) is 0.753. The summed E-state index contributed by atoms with van der Waals surface area (Å²) < 4.78 is 44.4. The highest BCUT2D eigenvalue weighted by Crippen LogP contribution is 2.49. The molecule has 6 nitrogen and oxygen atoms in total. The molecule has 0 aliphatic rings. The molecule has 20 heavy (non-hydrogen) atoms. The van der Waals surface area contributed by atoms with Gasteiger partial charge in [-0.1, -0.05) is 13.8 Å². The van der Waals surface area contributed by atoms with Crippen LogP contribution in [-0.2, 0) is 10.1 Å². The van der Waals surface area contributed by atoms with E-state index < -0.39 is 20.8 Å². The van der Waals surface area contributed by atoms with Gasteiger partial charge < -0.3 is 19.1 Å². The minimum absolute atomic E-state index is 0.0556. The normalized spacial score (nSPS) is 13.1. The van der Waals surface area contributed by atoms with E-state index in [2.05, 4.69) is 0 Å². The van der Waals surface area contributed by atoms with Crippen molar-refractivity contribution in [2.45, 2.75) is 38.0 Å². The van der Waals surface area contributed by atoms with E-state index in [1.165, 1.54) is 21.1 Å². The van der Waals surface area contributed by atoms with Crippen LogP contribution in [0.3, 0.4) is 0 Å². The summed E-state index contributed by atoms with van der Waals surface area (Å²) in [6.45, 7) is 5.28. The van der Waals surface area contributed by atoms with Gasteiger partial charge in [0.05, 0.1) is 14.2 Å². The number of aromatic hydroxyl groups is 1. The van der Waals surface area contributed by atoms with Crippen LogP contribution in [0.5, 0.6) is 17.2 Å². The second-order valence-corrected chi connectivity index (χ2v) is 5.86. The number of benzene rings is 1. The first-order valence-electron chi connectivity index (χ1n) is 6.13. The van der Waals surface area contributed by atoms with Crippen molar-refractivity contribution in [2.24, 2.45) is 0 Å². The lowest BCUT2D eigenvalue weighted by Crippen LogP contribution is -2.10. The summed E-state index contributed by atoms with van der Waals surface area (Å²) in [6.07, 6.45) is 0.712. The summed E-state index contributed by atoms with van der Waals surface area (Å²) in [5.74, 6) is -0.643. The Morgan fingerprint density at radius 1 is 1.25 bits per heavy atom. The Balaban J connectivity index is 3.93. The molecule has 0 bridgehead atoms. The molecule has 0 fully saturated rings. The maximum absolute atomic E-state index is 11.4. The maximum atomic E-state index is 11.4. The fraction of sp³-hybridized carbons (Fsp3) is 0.538. The van der Waals surface area contributed by atoms with E-state index in [9.17, 15) is 18.1 Å². The van der Waals surface area contributed by atoms with Crippen molar-refractivity contribution in [1.82, 2.24) is 0 Å². The molecule has 0 aromatic heterocycles. The number of methoxy groups -OCH3 is 2. The highest BCUT2D eigenvalue weighted by Gasteiger charge is 2.28. The van der Waals surface area contributed by atoms with Gasteiger partial charge in [0, 0.05) is 5.56 Å². The van der Waals surface area contributed by atoms with Crippen LogP contribution < -0.4 is 9.47 Å². The summed E-state index contributed by atoms with van der Waals surface area (Å²) in [5, 5.41) is 10.0. The number of phenols is 1. The lowest BCUT2D eigenvalue weighted by Gasteiger charge is -2.24. The Morgan fingerprint density at radius 3 is 2.10 bits per heavy atom. The summed E-state index contributed by atoms with van der Waals surface area (Å²) in [4.78, 5) is -0.648. The third-order valence-corrected chi connectivity index (χ3v) is 4.39. The molecular weight excluding hydrogens is 284 g/mol. The molecular formula is C13H19O6S-. The van der Waals surface area contributed by atoms with E-state index in [4.69, 9.17) is 9.47 Å². The molecule has 1 rings (SSSR count). The van der Waals surface area contributed by atoms with E-state index in [0.717, 1.165) is 0 Å². The van der Waals surface area contributed by atoms with Crippen LogP contribution in [0.15, 0.2) is 4.90 Å². The van der Waals surface area contributed by atoms with Crippen LogP contribution in [0, 0.1) is 6.92 Å². The van der Waals surface area contributed by atoms with E-state index >= 15 is 0 Å². The Morgan fingerprint density at radius 2 is 1.75 bits per heavy atom. The number of ether oxygens (including phenoxy) is 2. The van der Waals surface area contributed by atoms with Gasteiger partial charge in [0.25, 0.3) is 0 Å². The number of hydrogen-bond acceptors (Lipinski definition) is 6. The standard InChI is InChI=1S/C13H20O6S/c1-6-7(2)9-8(3)13(20(15,16)17)10(14)12(19-5)11(9)18-4/h7,14H,6H2,1-5H3,(H,15,16,17)/p-1. The van der Waals surface area contributed by atoms with Crippen molar-refractivity contribution in [1.29, 1.82) is 0 Å². The molecule has 0 heterocycles. The predicted octanol–water partition coefficient (Wildman–Crippen LogP) is 2.14.